The van der Waals surface area contributed by atoms with Gasteiger partial charge < -0.3 is 45.5 Å². The van der Waals surface area contributed by atoms with E-state index in [-0.39, 0.29) is 51.1 Å². The quantitative estimate of drug-likeness (QED) is 0.0583. The molecule has 0 aliphatic rings. The highest BCUT2D eigenvalue weighted by Gasteiger charge is 2.35. The summed E-state index contributed by atoms with van der Waals surface area (Å²) in [6.07, 6.45) is 0. The zero-order valence-corrected chi connectivity index (χ0v) is 51.1. The van der Waals surface area contributed by atoms with Crippen LogP contribution in [0.3, 0.4) is 0 Å². The van der Waals surface area contributed by atoms with Gasteiger partial charge in [0.15, 0.2) is 0 Å². The van der Waals surface area contributed by atoms with Crippen LogP contribution >= 0.6 is 34.8 Å². The molecular formula is C69H63Cl3F3N3O9. The first-order chi connectivity index (χ1) is 41.2. The molecule has 0 aliphatic heterocycles. The van der Waals surface area contributed by atoms with Gasteiger partial charge in [0.25, 0.3) is 0 Å². The Balaban J connectivity index is 0.000000186. The van der Waals surface area contributed by atoms with Crippen molar-refractivity contribution in [3.05, 3.63) is 248 Å². The number of methoxy groups -OCH3 is 3. The van der Waals surface area contributed by atoms with Gasteiger partial charge in [-0.1, -0.05) is 108 Å². The molecule has 0 aromatic heterocycles. The lowest BCUT2D eigenvalue weighted by Gasteiger charge is -2.27. The highest BCUT2D eigenvalue weighted by Crippen LogP contribution is 2.44. The number of benzene rings is 9. The number of ether oxygens (including phenoxy) is 3. The van der Waals surface area contributed by atoms with Crippen molar-refractivity contribution in [2.75, 3.05) is 37.3 Å². The molecule has 0 fully saturated rings. The first-order valence-corrected chi connectivity index (χ1v) is 28.0. The average molecular weight is 1240 g/mol. The molecule has 9 rings (SSSR count). The number of carbonyl (C=O) groups excluding carboxylic acids is 3. The Morgan fingerprint density at radius 3 is 0.805 bits per heavy atom. The molecule has 18 heteroatoms. The first kappa shape index (κ1) is 65.9. The van der Waals surface area contributed by atoms with Crippen molar-refractivity contribution in [3.63, 3.8) is 0 Å². The fourth-order valence-electron chi connectivity index (χ4n) is 9.76. The van der Waals surface area contributed by atoms with Gasteiger partial charge in [-0.2, -0.15) is 0 Å². The van der Waals surface area contributed by atoms with Crippen LogP contribution in [-0.4, -0.2) is 54.4 Å². The molecule has 9 aromatic carbocycles. The van der Waals surface area contributed by atoms with E-state index in [1.807, 2.05) is 0 Å². The van der Waals surface area contributed by atoms with E-state index >= 15 is 13.2 Å². The molecule has 87 heavy (non-hydrogen) atoms. The number of halogens is 6. The van der Waals surface area contributed by atoms with E-state index in [1.165, 1.54) is 81.1 Å². The van der Waals surface area contributed by atoms with E-state index in [0.29, 0.717) is 82.8 Å². The van der Waals surface area contributed by atoms with Crippen molar-refractivity contribution in [1.29, 1.82) is 0 Å². The Morgan fingerprint density at radius 1 is 0.379 bits per heavy atom. The molecule has 450 valence electrons. The van der Waals surface area contributed by atoms with Crippen LogP contribution in [0.5, 0.6) is 17.2 Å². The number of anilines is 3. The van der Waals surface area contributed by atoms with Gasteiger partial charge in [0.1, 0.15) is 51.5 Å². The van der Waals surface area contributed by atoms with Crippen LogP contribution in [0, 0.1) is 17.5 Å². The van der Waals surface area contributed by atoms with E-state index in [9.17, 15) is 29.7 Å². The highest BCUT2D eigenvalue weighted by atomic mass is 35.5. The molecule has 6 N–H and O–H groups in total. The van der Waals surface area contributed by atoms with Crippen LogP contribution in [0.25, 0.3) is 33.4 Å². The van der Waals surface area contributed by atoms with Gasteiger partial charge >= 0.3 is 0 Å². The lowest BCUT2D eigenvalue weighted by Crippen LogP contribution is -2.24. The maximum Gasteiger partial charge on any atom is 0.221 e. The molecular weight excluding hydrogens is 1180 g/mol. The Hall–Kier alpha value is -8.67. The smallest absolute Gasteiger partial charge is 0.221 e. The summed E-state index contributed by atoms with van der Waals surface area (Å²) in [6.45, 7) is 8.80. The van der Waals surface area contributed by atoms with E-state index in [2.05, 4.69) is 16.0 Å². The molecule has 9 aromatic rings. The van der Waals surface area contributed by atoms with Crippen molar-refractivity contribution in [2.24, 2.45) is 0 Å². The molecule has 1 unspecified atom stereocenters. The molecule has 0 spiro atoms. The van der Waals surface area contributed by atoms with Gasteiger partial charge in [0.2, 0.25) is 17.7 Å². The zero-order valence-electron chi connectivity index (χ0n) is 48.9. The summed E-state index contributed by atoms with van der Waals surface area (Å²) < 4.78 is 62.9. The highest BCUT2D eigenvalue weighted by molar-refractivity contribution is 6.31. The third kappa shape index (κ3) is 15.5. The number of carbonyl (C=O) groups is 3. The van der Waals surface area contributed by atoms with Gasteiger partial charge in [-0.3, -0.25) is 14.4 Å². The Labute approximate surface area is 518 Å². The lowest BCUT2D eigenvalue weighted by molar-refractivity contribution is -0.115. The SMILES string of the molecule is COc1ccc(C(C)(O)c2ccc(NC(C)=O)cc2)c(F)c1-c1cccc(Cl)c1.COc1ccc([C@@](C)(O)c2ccc(NC(C)=O)cc2)c(F)c1-c1cccc(Cl)c1.COc1ccc([C@](C)(O)c2ccc(NC(C)=O)cc2)c(F)c1-c1cccc(Cl)c1. The Kier molecular flexibility index (Phi) is 21.4. The third-order valence-electron chi connectivity index (χ3n) is 14.2. The van der Waals surface area contributed by atoms with Gasteiger partial charge in [-0.15, -0.1) is 0 Å². The van der Waals surface area contributed by atoms with E-state index < -0.39 is 34.3 Å². The maximum absolute atomic E-state index is 15.6. The van der Waals surface area contributed by atoms with Crippen molar-refractivity contribution < 1.29 is 57.1 Å². The molecule has 12 nitrogen and oxygen atoms in total. The molecule has 0 saturated carbocycles. The van der Waals surface area contributed by atoms with Crippen molar-refractivity contribution in [1.82, 2.24) is 0 Å². The topological polar surface area (TPSA) is 176 Å². The summed E-state index contributed by atoms with van der Waals surface area (Å²) in [4.78, 5) is 33.6. The van der Waals surface area contributed by atoms with Crippen molar-refractivity contribution in [2.45, 2.75) is 58.3 Å². The molecule has 0 bridgehead atoms. The number of aliphatic hydroxyl groups is 3. The van der Waals surface area contributed by atoms with Crippen molar-refractivity contribution >= 4 is 69.6 Å². The second-order valence-electron chi connectivity index (χ2n) is 20.5. The summed E-state index contributed by atoms with van der Waals surface area (Å²) >= 11 is 18.2. The fourth-order valence-corrected chi connectivity index (χ4v) is 10.3. The Morgan fingerprint density at radius 2 is 0.609 bits per heavy atom. The van der Waals surface area contributed by atoms with Crippen LogP contribution < -0.4 is 30.2 Å². The summed E-state index contributed by atoms with van der Waals surface area (Å²) in [5, 5.41) is 43.0. The zero-order chi connectivity index (χ0) is 63.5. The normalized spacial score (nSPS) is 12.9. The minimum absolute atomic E-state index is 0.0977. The van der Waals surface area contributed by atoms with Gasteiger partial charge in [-0.25, -0.2) is 13.2 Å². The molecule has 0 heterocycles. The molecule has 0 saturated heterocycles. The maximum atomic E-state index is 15.6. The second-order valence-corrected chi connectivity index (χ2v) is 21.8. The molecule has 3 atom stereocenters. The summed E-state index contributed by atoms with van der Waals surface area (Å²) in [5.41, 5.74) is 0.977. The van der Waals surface area contributed by atoms with Crippen molar-refractivity contribution in [3.8, 4) is 50.6 Å². The molecule has 0 radical (unpaired) electrons. The largest absolute Gasteiger partial charge is 0.496 e. The summed E-state index contributed by atoms with van der Waals surface area (Å²) in [7, 11) is 4.38. The predicted molar refractivity (Wildman–Crippen MR) is 338 cm³/mol. The Bertz CT molecular complexity index is 3550. The number of amides is 3. The third-order valence-corrected chi connectivity index (χ3v) is 14.9. The number of hydrogen-bond donors (Lipinski definition) is 6. The predicted octanol–water partition coefficient (Wildman–Crippen LogP) is 16.1. The van der Waals surface area contributed by atoms with Gasteiger partial charge in [-0.05, 0) is 163 Å². The van der Waals surface area contributed by atoms with Gasteiger partial charge in [0, 0.05) is 69.6 Å². The van der Waals surface area contributed by atoms with E-state index in [0.717, 1.165) is 0 Å². The monoisotopic (exact) mass is 1240 g/mol. The average Bonchev–Trinajstić information content (AvgIpc) is 1.36. The van der Waals surface area contributed by atoms with Gasteiger partial charge in [0.05, 0.1) is 38.0 Å². The van der Waals surface area contributed by atoms with E-state index in [4.69, 9.17) is 49.0 Å². The van der Waals surface area contributed by atoms with Crippen LogP contribution in [0.15, 0.2) is 182 Å². The fraction of sp³-hybridized carbons (Fsp3) is 0.174. The van der Waals surface area contributed by atoms with Crippen LogP contribution in [0.2, 0.25) is 15.1 Å². The molecule has 3 amide bonds. The minimum atomic E-state index is -1.61. The van der Waals surface area contributed by atoms with Crippen LogP contribution in [-0.2, 0) is 31.2 Å². The lowest BCUT2D eigenvalue weighted by atomic mass is 9.85. The second kappa shape index (κ2) is 28.2. The summed E-state index contributed by atoms with van der Waals surface area (Å²) in [5.74, 6) is -1.36. The number of hydrogen-bond acceptors (Lipinski definition) is 9. The van der Waals surface area contributed by atoms with Crippen LogP contribution in [0.1, 0.15) is 74.9 Å². The number of rotatable bonds is 15. The standard InChI is InChI=1S/3C23H21ClFNO3/c3*1-14(27)26-18-9-7-16(8-10-18)23(2,28)19-11-12-20(29-3)21(22(19)25)15-5-4-6-17(24)13-15/h3*4-13,28H,1-3H3,(H,26,27)/t2*23-;/m10./s1. The first-order valence-electron chi connectivity index (χ1n) is 26.9. The minimum Gasteiger partial charge on any atom is -0.496 e. The van der Waals surface area contributed by atoms with E-state index in [1.54, 1.807) is 164 Å². The van der Waals surface area contributed by atoms with Crippen LogP contribution in [0.4, 0.5) is 30.2 Å². The summed E-state index contributed by atoms with van der Waals surface area (Å²) in [6, 6.07) is 49.6. The number of nitrogens with one attached hydrogen (secondary N) is 3. The molecule has 0 aliphatic carbocycles.